The summed E-state index contributed by atoms with van der Waals surface area (Å²) < 4.78 is 11.9. The predicted molar refractivity (Wildman–Crippen MR) is 82.3 cm³/mol. The Balaban J connectivity index is 1.65. The first-order valence-electron chi connectivity index (χ1n) is 6.23. The molecule has 0 unspecified atom stereocenters. The van der Waals surface area contributed by atoms with Gasteiger partial charge in [0.25, 0.3) is 0 Å². The Hall–Kier alpha value is -1.66. The number of benzene rings is 1. The Kier molecular flexibility index (Phi) is 5.76. The third-order valence-electron chi connectivity index (χ3n) is 2.58. The number of carbonyl (C=O) groups is 1. The molecule has 4 nitrogen and oxygen atoms in total. The van der Waals surface area contributed by atoms with Crippen molar-refractivity contribution in [2.45, 2.75) is 11.4 Å². The van der Waals surface area contributed by atoms with Crippen molar-refractivity contribution in [3.05, 3.63) is 52.7 Å². The van der Waals surface area contributed by atoms with Crippen LogP contribution in [0, 0.1) is 0 Å². The molecule has 0 saturated heterocycles. The minimum atomic E-state index is -1.07. The van der Waals surface area contributed by atoms with E-state index in [0.717, 1.165) is 9.77 Å². The summed E-state index contributed by atoms with van der Waals surface area (Å²) >= 11 is 1.60. The summed E-state index contributed by atoms with van der Waals surface area (Å²) in [5, 5.41) is 7.44. The molecule has 20 heavy (non-hydrogen) atoms. The minimum Gasteiger partial charge on any atom is -0.337 e. The zero-order valence-corrected chi connectivity index (χ0v) is 12.5. The van der Waals surface area contributed by atoms with Crippen molar-refractivity contribution in [2.24, 2.45) is 0 Å². The molecule has 0 aliphatic heterocycles. The molecule has 0 aliphatic carbocycles. The number of urea groups is 1. The number of amides is 2. The maximum atomic E-state index is 11.9. The number of rotatable bonds is 6. The van der Waals surface area contributed by atoms with Crippen molar-refractivity contribution < 1.29 is 9.00 Å². The summed E-state index contributed by atoms with van der Waals surface area (Å²) in [4.78, 5) is 13.4. The molecule has 6 heteroatoms. The molecule has 1 heterocycles. The molecule has 2 rings (SSSR count). The van der Waals surface area contributed by atoms with E-state index < -0.39 is 10.8 Å². The third-order valence-corrected chi connectivity index (χ3v) is 4.83. The van der Waals surface area contributed by atoms with Crippen LogP contribution >= 0.6 is 11.3 Å². The van der Waals surface area contributed by atoms with Crippen LogP contribution in [-0.2, 0) is 17.3 Å². The van der Waals surface area contributed by atoms with Crippen molar-refractivity contribution in [3.63, 3.8) is 0 Å². The number of hydrogen-bond acceptors (Lipinski definition) is 3. The molecule has 1 aromatic carbocycles. The molecule has 2 aromatic rings. The van der Waals surface area contributed by atoms with Gasteiger partial charge in [0.15, 0.2) is 0 Å². The number of carbonyl (C=O) groups excluding carboxylic acids is 1. The highest BCUT2D eigenvalue weighted by molar-refractivity contribution is 7.85. The quantitative estimate of drug-likeness (QED) is 0.860. The van der Waals surface area contributed by atoms with Crippen LogP contribution in [0.4, 0.5) is 4.79 Å². The second kappa shape index (κ2) is 7.81. The lowest BCUT2D eigenvalue weighted by Gasteiger charge is -2.06. The number of nitrogens with one attached hydrogen (secondary N) is 2. The van der Waals surface area contributed by atoms with Crippen molar-refractivity contribution in [1.82, 2.24) is 10.6 Å². The van der Waals surface area contributed by atoms with Gasteiger partial charge in [0, 0.05) is 22.1 Å². The highest BCUT2D eigenvalue weighted by Gasteiger charge is 2.04. The van der Waals surface area contributed by atoms with Gasteiger partial charge in [-0.3, -0.25) is 4.21 Å². The Morgan fingerprint density at radius 2 is 1.90 bits per heavy atom. The fourth-order valence-corrected chi connectivity index (χ4v) is 3.22. The van der Waals surface area contributed by atoms with Crippen LogP contribution in [0.15, 0.2) is 52.7 Å². The Morgan fingerprint density at radius 3 is 2.60 bits per heavy atom. The predicted octanol–water partition coefficient (Wildman–Crippen LogP) is 2.36. The maximum Gasteiger partial charge on any atom is 0.315 e. The molecule has 1 atom stereocenters. The molecule has 0 spiro atoms. The van der Waals surface area contributed by atoms with Gasteiger partial charge >= 0.3 is 6.03 Å². The van der Waals surface area contributed by atoms with Gasteiger partial charge < -0.3 is 10.6 Å². The molecule has 0 fully saturated rings. The first kappa shape index (κ1) is 14.7. The Labute approximate surface area is 124 Å². The highest BCUT2D eigenvalue weighted by Crippen LogP contribution is 2.07. The second-order valence-electron chi connectivity index (χ2n) is 4.05. The molecule has 106 valence electrons. The fourth-order valence-electron chi connectivity index (χ4n) is 1.59. The largest absolute Gasteiger partial charge is 0.337 e. The van der Waals surface area contributed by atoms with Gasteiger partial charge in [0.05, 0.1) is 17.3 Å². The van der Waals surface area contributed by atoms with Crippen LogP contribution in [0.2, 0.25) is 0 Å². The summed E-state index contributed by atoms with van der Waals surface area (Å²) in [7, 11) is -1.07. The molecule has 0 aliphatic rings. The van der Waals surface area contributed by atoms with Crippen LogP contribution in [0.25, 0.3) is 0 Å². The normalized spacial score (nSPS) is 11.8. The topological polar surface area (TPSA) is 58.2 Å². The lowest BCUT2D eigenvalue weighted by atomic mass is 10.4. The van der Waals surface area contributed by atoms with E-state index in [1.165, 1.54) is 0 Å². The van der Waals surface area contributed by atoms with E-state index in [1.54, 1.807) is 11.3 Å². The number of hydrogen-bond donors (Lipinski definition) is 2. The van der Waals surface area contributed by atoms with Gasteiger partial charge in [-0.05, 0) is 23.6 Å². The van der Waals surface area contributed by atoms with Gasteiger partial charge in [-0.2, -0.15) is 0 Å². The van der Waals surface area contributed by atoms with Crippen LogP contribution in [0.1, 0.15) is 4.88 Å². The van der Waals surface area contributed by atoms with E-state index in [4.69, 9.17) is 0 Å². The first-order valence-corrected chi connectivity index (χ1v) is 8.43. The molecule has 1 aromatic heterocycles. The number of thiophene rings is 1. The molecule has 0 radical (unpaired) electrons. The second-order valence-corrected chi connectivity index (χ2v) is 6.65. The van der Waals surface area contributed by atoms with E-state index in [1.807, 2.05) is 47.8 Å². The Morgan fingerprint density at radius 1 is 1.10 bits per heavy atom. The molecule has 2 amide bonds. The van der Waals surface area contributed by atoms with Gasteiger partial charge in [-0.1, -0.05) is 24.3 Å². The van der Waals surface area contributed by atoms with Crippen molar-refractivity contribution in [2.75, 3.05) is 12.3 Å². The van der Waals surface area contributed by atoms with Crippen LogP contribution in [0.3, 0.4) is 0 Å². The lowest BCUT2D eigenvalue weighted by Crippen LogP contribution is -2.36. The summed E-state index contributed by atoms with van der Waals surface area (Å²) in [5.74, 6) is 0.413. The summed E-state index contributed by atoms with van der Waals surface area (Å²) in [6.45, 7) is 0.906. The van der Waals surface area contributed by atoms with Crippen molar-refractivity contribution in [1.29, 1.82) is 0 Å². The van der Waals surface area contributed by atoms with Gasteiger partial charge in [-0.25, -0.2) is 4.79 Å². The van der Waals surface area contributed by atoms with Crippen LogP contribution in [0.5, 0.6) is 0 Å². The molecular formula is C14H16N2O2S2. The third kappa shape index (κ3) is 4.79. The average Bonchev–Trinajstić information content (AvgIpc) is 2.99. The standard InChI is InChI=1S/C14H16N2O2S2/c17-14(16-11-12-5-4-9-19-12)15-8-10-20(18)13-6-2-1-3-7-13/h1-7,9H,8,10-11H2,(H2,15,16,17)/t20-/m1/s1. The van der Waals surface area contributed by atoms with Crippen molar-refractivity contribution in [3.8, 4) is 0 Å². The van der Waals surface area contributed by atoms with E-state index in [-0.39, 0.29) is 6.03 Å². The zero-order valence-electron chi connectivity index (χ0n) is 10.9. The van der Waals surface area contributed by atoms with Crippen LogP contribution < -0.4 is 10.6 Å². The summed E-state index contributed by atoms with van der Waals surface area (Å²) in [5.41, 5.74) is 0. The summed E-state index contributed by atoms with van der Waals surface area (Å²) in [6, 6.07) is 12.9. The Bertz CT molecular complexity index is 556. The van der Waals surface area contributed by atoms with E-state index >= 15 is 0 Å². The van der Waals surface area contributed by atoms with Gasteiger partial charge in [0.1, 0.15) is 0 Å². The van der Waals surface area contributed by atoms with E-state index in [9.17, 15) is 9.00 Å². The molecule has 0 saturated carbocycles. The molecule has 2 N–H and O–H groups in total. The lowest BCUT2D eigenvalue weighted by molar-refractivity contribution is 0.241. The van der Waals surface area contributed by atoms with E-state index in [0.29, 0.717) is 18.8 Å². The van der Waals surface area contributed by atoms with Crippen molar-refractivity contribution >= 4 is 28.2 Å². The molecular weight excluding hydrogens is 292 g/mol. The van der Waals surface area contributed by atoms with E-state index in [2.05, 4.69) is 10.6 Å². The average molecular weight is 308 g/mol. The fraction of sp³-hybridized carbons (Fsp3) is 0.214. The first-order chi connectivity index (χ1) is 9.75. The maximum absolute atomic E-state index is 11.9. The minimum absolute atomic E-state index is 0.233. The van der Waals surface area contributed by atoms with Crippen LogP contribution in [-0.4, -0.2) is 22.5 Å². The zero-order chi connectivity index (χ0) is 14.2. The van der Waals surface area contributed by atoms with Gasteiger partial charge in [-0.15, -0.1) is 11.3 Å². The highest BCUT2D eigenvalue weighted by atomic mass is 32.2. The SMILES string of the molecule is O=C(NCC[S@@](=O)c1ccccc1)NCc1cccs1. The van der Waals surface area contributed by atoms with Gasteiger partial charge in [0.2, 0.25) is 0 Å². The monoisotopic (exact) mass is 308 g/mol. The smallest absolute Gasteiger partial charge is 0.315 e. The summed E-state index contributed by atoms with van der Waals surface area (Å²) in [6.07, 6.45) is 0. The molecule has 0 bridgehead atoms.